The second-order valence-electron chi connectivity index (χ2n) is 5.85. The quantitative estimate of drug-likeness (QED) is 0.784. The number of nitrogens with one attached hydrogen (secondary N) is 1. The first-order valence-corrected chi connectivity index (χ1v) is 7.96. The van der Waals surface area contributed by atoms with Gasteiger partial charge in [-0.15, -0.1) is 0 Å². The highest BCUT2D eigenvalue weighted by atomic mass is 16.5. The number of morpholine rings is 1. The lowest BCUT2D eigenvalue weighted by Crippen LogP contribution is -2.52. The Morgan fingerprint density at radius 2 is 2.18 bits per heavy atom. The van der Waals surface area contributed by atoms with Gasteiger partial charge in [-0.1, -0.05) is 0 Å². The van der Waals surface area contributed by atoms with Crippen molar-refractivity contribution in [3.05, 3.63) is 18.5 Å². The van der Waals surface area contributed by atoms with Gasteiger partial charge in [-0.05, 0) is 12.5 Å². The number of ether oxygens (including phenoxy) is 2. The van der Waals surface area contributed by atoms with Gasteiger partial charge in [0.05, 0.1) is 19.8 Å². The average Bonchev–Trinajstić information content (AvgIpc) is 3.22. The van der Waals surface area contributed by atoms with E-state index in [9.17, 15) is 4.79 Å². The minimum atomic E-state index is 0.000810. The van der Waals surface area contributed by atoms with Crippen molar-refractivity contribution in [3.63, 3.8) is 0 Å². The van der Waals surface area contributed by atoms with E-state index in [1.54, 1.807) is 17.1 Å². The van der Waals surface area contributed by atoms with Crippen LogP contribution in [0.1, 0.15) is 6.42 Å². The number of carbonyl (C=O) groups excluding carboxylic acids is 1. The van der Waals surface area contributed by atoms with Crippen molar-refractivity contribution in [2.45, 2.75) is 19.0 Å². The van der Waals surface area contributed by atoms with E-state index in [2.05, 4.69) is 15.3 Å². The average molecular weight is 308 g/mol. The predicted molar refractivity (Wildman–Crippen MR) is 80.3 cm³/mol. The van der Waals surface area contributed by atoms with E-state index in [0.717, 1.165) is 45.9 Å². The van der Waals surface area contributed by atoms with E-state index in [0.29, 0.717) is 18.5 Å². The summed E-state index contributed by atoms with van der Waals surface area (Å²) >= 11 is 0. The molecule has 2 aliphatic heterocycles. The van der Waals surface area contributed by atoms with Gasteiger partial charge < -0.3 is 14.8 Å². The molecule has 1 aromatic heterocycles. The molecule has 2 aliphatic rings. The summed E-state index contributed by atoms with van der Waals surface area (Å²) in [6.07, 6.45) is 4.54. The van der Waals surface area contributed by atoms with Crippen molar-refractivity contribution in [2.75, 3.05) is 46.1 Å². The summed E-state index contributed by atoms with van der Waals surface area (Å²) in [7, 11) is 0. The third-order valence-corrected chi connectivity index (χ3v) is 4.40. The van der Waals surface area contributed by atoms with Gasteiger partial charge in [-0.2, -0.15) is 5.10 Å². The number of aromatic nitrogens is 2. The SMILES string of the molecule is O=C(Cn1cccn1)NC[C@@H]([C@H]1CCOC1)N1CCOCC1. The Labute approximate surface area is 130 Å². The minimum absolute atomic E-state index is 0.000810. The van der Waals surface area contributed by atoms with Crippen molar-refractivity contribution in [1.29, 1.82) is 0 Å². The summed E-state index contributed by atoms with van der Waals surface area (Å²) in [5.74, 6) is 0.490. The van der Waals surface area contributed by atoms with E-state index in [1.165, 1.54) is 0 Å². The number of amides is 1. The Morgan fingerprint density at radius 1 is 1.32 bits per heavy atom. The summed E-state index contributed by atoms with van der Waals surface area (Å²) in [6.45, 7) is 5.94. The number of carbonyl (C=O) groups is 1. The van der Waals surface area contributed by atoms with Crippen LogP contribution in [0.2, 0.25) is 0 Å². The predicted octanol–water partition coefficient (Wildman–Crippen LogP) is -0.263. The summed E-state index contributed by atoms with van der Waals surface area (Å²) < 4.78 is 12.6. The fourth-order valence-electron chi connectivity index (χ4n) is 3.17. The Bertz CT molecular complexity index is 453. The molecule has 1 amide bonds. The molecule has 3 heterocycles. The molecule has 0 radical (unpaired) electrons. The standard InChI is InChI=1S/C15H24N4O3/c20-15(11-19-4-1-3-17-19)16-10-14(13-2-7-22-12-13)18-5-8-21-9-6-18/h1,3-4,13-14H,2,5-12H2,(H,16,20)/t13-,14-/m0/s1. The van der Waals surface area contributed by atoms with Crippen LogP contribution >= 0.6 is 0 Å². The molecule has 7 nitrogen and oxygen atoms in total. The monoisotopic (exact) mass is 308 g/mol. The molecule has 7 heteroatoms. The van der Waals surface area contributed by atoms with Crippen molar-refractivity contribution >= 4 is 5.91 Å². The van der Waals surface area contributed by atoms with Gasteiger partial charge in [0.15, 0.2) is 0 Å². The van der Waals surface area contributed by atoms with Crippen LogP contribution in [0.3, 0.4) is 0 Å². The fourth-order valence-corrected chi connectivity index (χ4v) is 3.17. The van der Waals surface area contributed by atoms with Crippen LogP contribution in [0, 0.1) is 5.92 Å². The maximum Gasteiger partial charge on any atom is 0.241 e. The van der Waals surface area contributed by atoms with E-state index in [-0.39, 0.29) is 12.5 Å². The van der Waals surface area contributed by atoms with E-state index < -0.39 is 0 Å². The summed E-state index contributed by atoms with van der Waals surface area (Å²) in [4.78, 5) is 14.5. The van der Waals surface area contributed by atoms with Crippen molar-refractivity contribution in [3.8, 4) is 0 Å². The molecule has 22 heavy (non-hydrogen) atoms. The van der Waals surface area contributed by atoms with Gasteiger partial charge in [0.25, 0.3) is 0 Å². The van der Waals surface area contributed by atoms with Crippen LogP contribution in [0.4, 0.5) is 0 Å². The maximum absolute atomic E-state index is 12.1. The van der Waals surface area contributed by atoms with E-state index in [1.807, 2.05) is 6.07 Å². The lowest BCUT2D eigenvalue weighted by molar-refractivity contribution is -0.122. The molecule has 0 unspecified atom stereocenters. The van der Waals surface area contributed by atoms with Crippen LogP contribution in [0.5, 0.6) is 0 Å². The first kappa shape index (κ1) is 15.5. The van der Waals surface area contributed by atoms with Gasteiger partial charge >= 0.3 is 0 Å². The number of hydrogen-bond acceptors (Lipinski definition) is 5. The van der Waals surface area contributed by atoms with Crippen molar-refractivity contribution < 1.29 is 14.3 Å². The molecule has 0 aliphatic carbocycles. The topological polar surface area (TPSA) is 68.6 Å². The highest BCUT2D eigenvalue weighted by Crippen LogP contribution is 2.21. The molecule has 3 rings (SSSR count). The molecule has 0 saturated carbocycles. The zero-order valence-electron chi connectivity index (χ0n) is 12.8. The van der Waals surface area contributed by atoms with Crippen molar-refractivity contribution in [2.24, 2.45) is 5.92 Å². The zero-order chi connectivity index (χ0) is 15.2. The van der Waals surface area contributed by atoms with Crippen LogP contribution in [0.15, 0.2) is 18.5 Å². The van der Waals surface area contributed by atoms with Gasteiger partial charge in [-0.25, -0.2) is 0 Å². The second-order valence-corrected chi connectivity index (χ2v) is 5.85. The molecular formula is C15H24N4O3. The Morgan fingerprint density at radius 3 is 2.86 bits per heavy atom. The van der Waals surface area contributed by atoms with Gasteiger partial charge in [0, 0.05) is 50.6 Å². The highest BCUT2D eigenvalue weighted by molar-refractivity contribution is 5.75. The van der Waals surface area contributed by atoms with E-state index >= 15 is 0 Å². The maximum atomic E-state index is 12.1. The molecule has 2 fully saturated rings. The normalized spacial score (nSPS) is 24.3. The Kier molecular flexibility index (Phi) is 5.42. The molecule has 0 spiro atoms. The molecule has 1 N–H and O–H groups in total. The van der Waals surface area contributed by atoms with Crippen LogP contribution < -0.4 is 5.32 Å². The first-order valence-electron chi connectivity index (χ1n) is 7.96. The number of nitrogens with zero attached hydrogens (tertiary/aromatic N) is 3. The zero-order valence-corrected chi connectivity index (χ0v) is 12.8. The lowest BCUT2D eigenvalue weighted by atomic mass is 9.97. The molecule has 2 atom stereocenters. The summed E-state index contributed by atoms with van der Waals surface area (Å²) in [6, 6.07) is 2.15. The molecule has 2 saturated heterocycles. The fraction of sp³-hybridized carbons (Fsp3) is 0.733. The highest BCUT2D eigenvalue weighted by Gasteiger charge is 2.31. The van der Waals surface area contributed by atoms with Crippen LogP contribution in [0.25, 0.3) is 0 Å². The Balaban J connectivity index is 1.53. The third kappa shape index (κ3) is 4.06. The lowest BCUT2D eigenvalue weighted by Gasteiger charge is -2.37. The molecule has 0 aromatic carbocycles. The largest absolute Gasteiger partial charge is 0.381 e. The summed E-state index contributed by atoms with van der Waals surface area (Å²) in [5.41, 5.74) is 0. The third-order valence-electron chi connectivity index (χ3n) is 4.40. The van der Waals surface area contributed by atoms with Gasteiger partial charge in [0.1, 0.15) is 6.54 Å². The second kappa shape index (κ2) is 7.71. The van der Waals surface area contributed by atoms with Gasteiger partial charge in [-0.3, -0.25) is 14.4 Å². The first-order chi connectivity index (χ1) is 10.8. The number of hydrogen-bond donors (Lipinski definition) is 1. The Hall–Kier alpha value is -1.44. The summed E-state index contributed by atoms with van der Waals surface area (Å²) in [5, 5.41) is 7.12. The van der Waals surface area contributed by atoms with Crippen molar-refractivity contribution in [1.82, 2.24) is 20.0 Å². The molecule has 1 aromatic rings. The number of rotatable bonds is 6. The van der Waals surface area contributed by atoms with Gasteiger partial charge in [0.2, 0.25) is 5.91 Å². The molecular weight excluding hydrogens is 284 g/mol. The van der Waals surface area contributed by atoms with Crippen LogP contribution in [-0.4, -0.2) is 72.7 Å². The minimum Gasteiger partial charge on any atom is -0.381 e. The molecule has 0 bridgehead atoms. The van der Waals surface area contributed by atoms with E-state index in [4.69, 9.17) is 9.47 Å². The van der Waals surface area contributed by atoms with Crippen LogP contribution in [-0.2, 0) is 20.8 Å². The molecule has 122 valence electrons. The smallest absolute Gasteiger partial charge is 0.241 e.